The molecule has 24 heavy (non-hydrogen) atoms. The van der Waals surface area contributed by atoms with Gasteiger partial charge in [-0.15, -0.1) is 0 Å². The van der Waals surface area contributed by atoms with Crippen LogP contribution in [0, 0.1) is 0 Å². The molecule has 0 bridgehead atoms. The normalized spacial score (nSPS) is 22.1. The van der Waals surface area contributed by atoms with Crippen molar-refractivity contribution in [2.75, 3.05) is 36.4 Å². The standard InChI is InChI=1S/C16H24BrN5O2/c17-13-10-18-15(21-7-3-1-2-4-8-21)14(20-13)19-12-6-5-9-22(11-12)16(23)24/h10,12H,1-9,11H2,(H,19,20)(H,23,24). The quantitative estimate of drug-likeness (QED) is 0.814. The van der Waals surface area contributed by atoms with Crippen LogP contribution in [0.15, 0.2) is 10.8 Å². The Kier molecular flexibility index (Phi) is 5.76. The molecule has 2 aliphatic rings. The Balaban J connectivity index is 1.76. The molecule has 0 aliphatic carbocycles. The number of aromatic nitrogens is 2. The van der Waals surface area contributed by atoms with Gasteiger partial charge in [0.1, 0.15) is 4.60 Å². The molecule has 2 aliphatic heterocycles. The van der Waals surface area contributed by atoms with Gasteiger partial charge >= 0.3 is 6.09 Å². The number of anilines is 2. The molecular formula is C16H24BrN5O2. The molecule has 3 rings (SSSR count). The van der Waals surface area contributed by atoms with Crippen molar-refractivity contribution < 1.29 is 9.90 Å². The SMILES string of the molecule is O=C(O)N1CCCC(Nc2nc(Br)cnc2N2CCCCCC2)C1. The van der Waals surface area contributed by atoms with Crippen LogP contribution in [0.2, 0.25) is 0 Å². The van der Waals surface area contributed by atoms with Gasteiger partial charge in [0.05, 0.1) is 6.20 Å². The Morgan fingerprint density at radius 2 is 1.96 bits per heavy atom. The minimum atomic E-state index is -0.852. The van der Waals surface area contributed by atoms with Crippen molar-refractivity contribution in [3.8, 4) is 0 Å². The zero-order valence-corrected chi connectivity index (χ0v) is 15.3. The van der Waals surface area contributed by atoms with Gasteiger partial charge in [-0.25, -0.2) is 14.8 Å². The number of carbonyl (C=O) groups is 1. The van der Waals surface area contributed by atoms with E-state index in [0.29, 0.717) is 17.7 Å². The van der Waals surface area contributed by atoms with Crippen LogP contribution in [0.25, 0.3) is 0 Å². The molecule has 1 aromatic rings. The van der Waals surface area contributed by atoms with E-state index < -0.39 is 6.09 Å². The van der Waals surface area contributed by atoms with Crippen LogP contribution in [0.3, 0.4) is 0 Å². The Morgan fingerprint density at radius 3 is 2.67 bits per heavy atom. The smallest absolute Gasteiger partial charge is 0.407 e. The maximum atomic E-state index is 11.2. The molecule has 1 aromatic heterocycles. The largest absolute Gasteiger partial charge is 0.465 e. The molecule has 0 saturated carbocycles. The molecule has 8 heteroatoms. The number of nitrogens with one attached hydrogen (secondary N) is 1. The second-order valence-corrected chi connectivity index (χ2v) is 7.29. The lowest BCUT2D eigenvalue weighted by molar-refractivity contribution is 0.133. The van der Waals surface area contributed by atoms with Gasteiger partial charge in [-0.1, -0.05) is 12.8 Å². The average molecular weight is 398 g/mol. The fourth-order valence-corrected chi connectivity index (χ4v) is 3.71. The zero-order valence-electron chi connectivity index (χ0n) is 13.7. The topological polar surface area (TPSA) is 81.6 Å². The summed E-state index contributed by atoms with van der Waals surface area (Å²) in [5.74, 6) is 1.64. The number of halogens is 1. The maximum absolute atomic E-state index is 11.2. The zero-order chi connectivity index (χ0) is 16.9. The van der Waals surface area contributed by atoms with Crippen LogP contribution in [0.4, 0.5) is 16.4 Å². The average Bonchev–Trinajstić information content (AvgIpc) is 2.84. The Bertz CT molecular complexity index is 578. The summed E-state index contributed by atoms with van der Waals surface area (Å²) in [5.41, 5.74) is 0. The van der Waals surface area contributed by atoms with Gasteiger partial charge in [0.15, 0.2) is 11.6 Å². The minimum Gasteiger partial charge on any atom is -0.465 e. The molecule has 1 amide bonds. The monoisotopic (exact) mass is 397 g/mol. The van der Waals surface area contributed by atoms with Crippen molar-refractivity contribution in [1.29, 1.82) is 0 Å². The van der Waals surface area contributed by atoms with Gasteiger partial charge in [0.2, 0.25) is 0 Å². The second kappa shape index (κ2) is 8.00. The number of hydrogen-bond donors (Lipinski definition) is 2. The van der Waals surface area contributed by atoms with Crippen molar-refractivity contribution in [2.45, 2.75) is 44.6 Å². The van der Waals surface area contributed by atoms with Gasteiger partial charge in [0, 0.05) is 32.2 Å². The first-order valence-corrected chi connectivity index (χ1v) is 9.44. The third-order valence-electron chi connectivity index (χ3n) is 4.66. The second-order valence-electron chi connectivity index (χ2n) is 6.48. The summed E-state index contributed by atoms with van der Waals surface area (Å²) in [4.78, 5) is 24.1. The van der Waals surface area contributed by atoms with Crippen LogP contribution in [-0.4, -0.2) is 58.3 Å². The van der Waals surface area contributed by atoms with Crippen LogP contribution in [0.5, 0.6) is 0 Å². The van der Waals surface area contributed by atoms with E-state index in [1.807, 2.05) is 0 Å². The summed E-state index contributed by atoms with van der Waals surface area (Å²) >= 11 is 3.40. The molecule has 0 aromatic carbocycles. The van der Waals surface area contributed by atoms with E-state index in [-0.39, 0.29) is 6.04 Å². The summed E-state index contributed by atoms with van der Waals surface area (Å²) in [5, 5.41) is 12.7. The van der Waals surface area contributed by atoms with E-state index in [0.717, 1.165) is 37.6 Å². The number of hydrogen-bond acceptors (Lipinski definition) is 5. The van der Waals surface area contributed by atoms with Crippen molar-refractivity contribution in [3.05, 3.63) is 10.8 Å². The van der Waals surface area contributed by atoms with Crippen molar-refractivity contribution in [3.63, 3.8) is 0 Å². The van der Waals surface area contributed by atoms with Crippen LogP contribution < -0.4 is 10.2 Å². The van der Waals surface area contributed by atoms with Gasteiger partial charge < -0.3 is 20.2 Å². The molecule has 2 fully saturated rings. The van der Waals surface area contributed by atoms with Crippen LogP contribution in [-0.2, 0) is 0 Å². The first-order valence-electron chi connectivity index (χ1n) is 8.65. The minimum absolute atomic E-state index is 0.0733. The van der Waals surface area contributed by atoms with E-state index in [2.05, 4.69) is 36.1 Å². The molecule has 0 spiro atoms. The number of carboxylic acid groups (broad SMARTS) is 1. The van der Waals surface area contributed by atoms with Gasteiger partial charge in [0.25, 0.3) is 0 Å². The third kappa shape index (κ3) is 4.28. The fourth-order valence-electron chi connectivity index (χ4n) is 3.43. The fraction of sp³-hybridized carbons (Fsp3) is 0.688. The number of amides is 1. The number of piperidine rings is 1. The number of rotatable bonds is 3. The van der Waals surface area contributed by atoms with Crippen molar-refractivity contribution in [1.82, 2.24) is 14.9 Å². The highest BCUT2D eigenvalue weighted by Gasteiger charge is 2.25. The summed E-state index contributed by atoms with van der Waals surface area (Å²) in [6, 6.07) is 0.0733. The molecular weight excluding hydrogens is 374 g/mol. The van der Waals surface area contributed by atoms with Crippen molar-refractivity contribution >= 4 is 33.7 Å². The first-order chi connectivity index (χ1) is 11.6. The molecule has 132 valence electrons. The lowest BCUT2D eigenvalue weighted by atomic mass is 10.1. The molecule has 7 nitrogen and oxygen atoms in total. The maximum Gasteiger partial charge on any atom is 0.407 e. The van der Waals surface area contributed by atoms with E-state index in [1.54, 1.807) is 6.20 Å². The van der Waals surface area contributed by atoms with E-state index >= 15 is 0 Å². The first kappa shape index (κ1) is 17.3. The Morgan fingerprint density at radius 1 is 1.21 bits per heavy atom. The van der Waals surface area contributed by atoms with E-state index in [4.69, 9.17) is 0 Å². The lowest BCUT2D eigenvalue weighted by Crippen LogP contribution is -2.44. The summed E-state index contributed by atoms with van der Waals surface area (Å²) in [6.07, 6.45) is 7.56. The Labute approximate surface area is 150 Å². The predicted molar refractivity (Wildman–Crippen MR) is 96.7 cm³/mol. The highest BCUT2D eigenvalue weighted by Crippen LogP contribution is 2.27. The predicted octanol–water partition coefficient (Wildman–Crippen LogP) is 3.17. The molecule has 2 saturated heterocycles. The van der Waals surface area contributed by atoms with E-state index in [1.165, 1.54) is 30.6 Å². The molecule has 3 heterocycles. The Hall–Kier alpha value is -1.57. The number of likely N-dealkylation sites (tertiary alicyclic amines) is 1. The third-order valence-corrected chi connectivity index (χ3v) is 5.04. The van der Waals surface area contributed by atoms with Crippen LogP contribution >= 0.6 is 15.9 Å². The highest BCUT2D eigenvalue weighted by molar-refractivity contribution is 9.10. The molecule has 2 N–H and O–H groups in total. The van der Waals surface area contributed by atoms with Gasteiger partial charge in [-0.05, 0) is 41.6 Å². The molecule has 1 atom stereocenters. The summed E-state index contributed by atoms with van der Waals surface area (Å²) in [6.45, 7) is 3.09. The van der Waals surface area contributed by atoms with Crippen molar-refractivity contribution in [2.24, 2.45) is 0 Å². The molecule has 0 radical (unpaired) electrons. The van der Waals surface area contributed by atoms with Gasteiger partial charge in [-0.3, -0.25) is 0 Å². The number of nitrogens with zero attached hydrogens (tertiary/aromatic N) is 4. The van der Waals surface area contributed by atoms with Gasteiger partial charge in [-0.2, -0.15) is 0 Å². The summed E-state index contributed by atoms with van der Waals surface area (Å²) < 4.78 is 0.689. The highest BCUT2D eigenvalue weighted by atomic mass is 79.9. The van der Waals surface area contributed by atoms with Crippen LogP contribution in [0.1, 0.15) is 38.5 Å². The lowest BCUT2D eigenvalue weighted by Gasteiger charge is -2.32. The molecule has 1 unspecified atom stereocenters. The summed E-state index contributed by atoms with van der Waals surface area (Å²) in [7, 11) is 0. The van der Waals surface area contributed by atoms with E-state index in [9.17, 15) is 9.90 Å².